The van der Waals surface area contributed by atoms with Crippen LogP contribution in [0.15, 0.2) is 40.9 Å². The third-order valence-corrected chi connectivity index (χ3v) is 7.74. The van der Waals surface area contributed by atoms with E-state index in [1.807, 2.05) is 0 Å². The highest BCUT2D eigenvalue weighted by atomic mass is 79.9. The van der Waals surface area contributed by atoms with Crippen molar-refractivity contribution in [1.82, 2.24) is 0 Å². The van der Waals surface area contributed by atoms with Gasteiger partial charge in [0.25, 0.3) is 0 Å². The first-order valence-electron chi connectivity index (χ1n) is 11.3. The van der Waals surface area contributed by atoms with Gasteiger partial charge in [-0.3, -0.25) is 4.79 Å². The van der Waals surface area contributed by atoms with Gasteiger partial charge in [0.05, 0.1) is 19.1 Å². The van der Waals surface area contributed by atoms with Gasteiger partial charge in [-0.05, 0) is 77.6 Å². The van der Waals surface area contributed by atoms with Gasteiger partial charge in [0, 0.05) is 17.0 Å². The molecule has 2 aliphatic carbocycles. The van der Waals surface area contributed by atoms with Crippen molar-refractivity contribution in [3.8, 4) is 5.75 Å². The van der Waals surface area contributed by atoms with Crippen LogP contribution in [0.5, 0.6) is 5.75 Å². The minimum Gasteiger partial charge on any atom is -0.489 e. The van der Waals surface area contributed by atoms with Crippen LogP contribution in [-0.2, 0) is 32.7 Å². The van der Waals surface area contributed by atoms with Gasteiger partial charge in [0.15, 0.2) is 0 Å². The molecular formula is C27H33BrO4. The number of fused-ring (bicyclic) bond motifs is 2. The number of halogens is 1. The van der Waals surface area contributed by atoms with Crippen LogP contribution in [0.2, 0.25) is 0 Å². The number of methoxy groups -OCH3 is 2. The Morgan fingerprint density at radius 1 is 1.19 bits per heavy atom. The van der Waals surface area contributed by atoms with Crippen LogP contribution in [0.3, 0.4) is 0 Å². The molecule has 0 N–H and O–H groups in total. The molecule has 0 aromatic heterocycles. The maximum atomic E-state index is 12.2. The molecule has 5 heteroatoms. The average molecular weight is 501 g/mol. The van der Waals surface area contributed by atoms with Gasteiger partial charge >= 0.3 is 5.97 Å². The summed E-state index contributed by atoms with van der Waals surface area (Å²) in [6, 6.07) is 12.7. The summed E-state index contributed by atoms with van der Waals surface area (Å²) in [5.74, 6) is 0.751. The van der Waals surface area contributed by atoms with E-state index in [4.69, 9.17) is 14.2 Å². The maximum Gasteiger partial charge on any atom is 0.309 e. The van der Waals surface area contributed by atoms with Gasteiger partial charge in [-0.2, -0.15) is 0 Å². The van der Waals surface area contributed by atoms with E-state index in [2.05, 4.69) is 73.1 Å². The van der Waals surface area contributed by atoms with Gasteiger partial charge in [0.1, 0.15) is 12.4 Å². The summed E-state index contributed by atoms with van der Waals surface area (Å²) in [7, 11) is 3.24. The zero-order valence-corrected chi connectivity index (χ0v) is 21.3. The summed E-state index contributed by atoms with van der Waals surface area (Å²) in [6.45, 7) is 7.02. The predicted octanol–water partition coefficient (Wildman–Crippen LogP) is 6.53. The number of benzene rings is 2. The summed E-state index contributed by atoms with van der Waals surface area (Å²) in [6.07, 6.45) is 4.09. The van der Waals surface area contributed by atoms with Crippen molar-refractivity contribution < 1.29 is 19.0 Å². The van der Waals surface area contributed by atoms with Crippen LogP contribution in [0.25, 0.3) is 0 Å². The lowest BCUT2D eigenvalue weighted by atomic mass is 9.78. The number of esters is 1. The smallest absolute Gasteiger partial charge is 0.309 e. The Hall–Kier alpha value is -1.85. The Kier molecular flexibility index (Phi) is 6.43. The van der Waals surface area contributed by atoms with E-state index < -0.39 is 0 Å². The van der Waals surface area contributed by atoms with Crippen LogP contribution in [0, 0.1) is 11.3 Å². The third-order valence-electron chi connectivity index (χ3n) is 7.02. The van der Waals surface area contributed by atoms with E-state index in [1.165, 1.54) is 18.2 Å². The topological polar surface area (TPSA) is 44.8 Å². The van der Waals surface area contributed by atoms with Crippen LogP contribution < -0.4 is 4.74 Å². The fourth-order valence-corrected chi connectivity index (χ4v) is 5.84. The second-order valence-electron chi connectivity index (χ2n) is 10.2. The Labute approximate surface area is 199 Å². The van der Waals surface area contributed by atoms with Crippen LogP contribution >= 0.6 is 15.9 Å². The maximum absolute atomic E-state index is 12.2. The molecule has 172 valence electrons. The van der Waals surface area contributed by atoms with Crippen molar-refractivity contribution in [2.45, 2.75) is 64.6 Å². The molecule has 1 spiro atoms. The normalized spacial score (nSPS) is 22.9. The van der Waals surface area contributed by atoms with Gasteiger partial charge in [0.2, 0.25) is 0 Å². The number of hydrogen-bond acceptors (Lipinski definition) is 4. The largest absolute Gasteiger partial charge is 0.489 e. The number of carbonyl (C=O) groups excluding carboxylic acids is 1. The Morgan fingerprint density at radius 2 is 1.97 bits per heavy atom. The standard InChI is InChI=1S/C27H33BrO4/c1-26(2,3)24(30-4)20-13-17(8-11-23(20)28)16-32-19-10-9-18-7-6-12-27(21(18)14-19)15-22(27)25(29)31-5/h8-11,13-14,22,24H,6-7,12,15-16H2,1-5H3/t22?,24-,27?/m0/s1. The van der Waals surface area contributed by atoms with Crippen LogP contribution in [0.4, 0.5) is 0 Å². The first-order valence-corrected chi connectivity index (χ1v) is 12.1. The molecule has 2 unspecified atom stereocenters. The van der Waals surface area contributed by atoms with Gasteiger partial charge in [-0.1, -0.05) is 48.8 Å². The highest BCUT2D eigenvalue weighted by molar-refractivity contribution is 9.10. The first-order chi connectivity index (χ1) is 15.2. The van der Waals surface area contributed by atoms with Gasteiger partial charge in [-0.15, -0.1) is 0 Å². The fourth-order valence-electron chi connectivity index (χ4n) is 5.38. The predicted molar refractivity (Wildman–Crippen MR) is 129 cm³/mol. The number of ether oxygens (including phenoxy) is 3. The molecule has 0 amide bonds. The van der Waals surface area contributed by atoms with Crippen LogP contribution in [-0.4, -0.2) is 20.2 Å². The third kappa shape index (κ3) is 4.34. The fraction of sp³-hybridized carbons (Fsp3) is 0.519. The molecule has 2 aromatic rings. The van der Waals surface area contributed by atoms with Crippen molar-refractivity contribution in [1.29, 1.82) is 0 Å². The Bertz CT molecular complexity index is 1010. The molecule has 4 rings (SSSR count). The molecular weight excluding hydrogens is 468 g/mol. The zero-order chi connectivity index (χ0) is 23.1. The molecule has 0 saturated heterocycles. The monoisotopic (exact) mass is 500 g/mol. The summed E-state index contributed by atoms with van der Waals surface area (Å²) in [5.41, 5.74) is 4.77. The van der Waals surface area contributed by atoms with Gasteiger partial charge in [-0.25, -0.2) is 0 Å². The van der Waals surface area contributed by atoms with Crippen molar-refractivity contribution in [2.75, 3.05) is 14.2 Å². The average Bonchev–Trinajstić information content (AvgIpc) is 3.48. The van der Waals surface area contributed by atoms with Crippen molar-refractivity contribution >= 4 is 21.9 Å². The molecule has 0 radical (unpaired) electrons. The molecule has 3 atom stereocenters. The highest BCUT2D eigenvalue weighted by Crippen LogP contribution is 2.61. The minimum absolute atomic E-state index is 0.0146. The van der Waals surface area contributed by atoms with E-state index in [9.17, 15) is 4.79 Å². The van der Waals surface area contributed by atoms with E-state index in [0.717, 1.165) is 47.0 Å². The van der Waals surface area contributed by atoms with E-state index >= 15 is 0 Å². The van der Waals surface area contributed by atoms with Crippen molar-refractivity contribution in [3.05, 3.63) is 63.1 Å². The quantitative estimate of drug-likeness (QED) is 0.423. The van der Waals surface area contributed by atoms with E-state index in [1.54, 1.807) is 7.11 Å². The van der Waals surface area contributed by atoms with E-state index in [-0.39, 0.29) is 28.8 Å². The van der Waals surface area contributed by atoms with Gasteiger partial charge < -0.3 is 14.2 Å². The summed E-state index contributed by atoms with van der Waals surface area (Å²) >= 11 is 3.69. The minimum atomic E-state index is -0.0851. The number of hydrogen-bond donors (Lipinski definition) is 0. The van der Waals surface area contributed by atoms with Crippen molar-refractivity contribution in [3.63, 3.8) is 0 Å². The summed E-state index contributed by atoms with van der Waals surface area (Å²) in [5, 5.41) is 0. The molecule has 0 heterocycles. The molecule has 2 aromatic carbocycles. The summed E-state index contributed by atoms with van der Waals surface area (Å²) < 4.78 is 18.1. The SMILES string of the molecule is COC(=O)C1CC12CCCc1ccc(OCc3ccc(Br)c([C@H](OC)C(C)(C)C)c3)cc12. The Balaban J connectivity index is 1.54. The lowest BCUT2D eigenvalue weighted by Crippen LogP contribution is -2.22. The number of carbonyl (C=O) groups is 1. The number of aryl methyl sites for hydroxylation is 1. The molecule has 2 aliphatic rings. The molecule has 1 fully saturated rings. The zero-order valence-electron chi connectivity index (χ0n) is 19.7. The highest BCUT2D eigenvalue weighted by Gasteiger charge is 2.61. The first kappa shape index (κ1) is 23.3. The lowest BCUT2D eigenvalue weighted by Gasteiger charge is -2.30. The van der Waals surface area contributed by atoms with Crippen LogP contribution in [0.1, 0.15) is 68.4 Å². The lowest BCUT2D eigenvalue weighted by molar-refractivity contribution is -0.142. The molecule has 1 saturated carbocycles. The van der Waals surface area contributed by atoms with E-state index in [0.29, 0.717) is 6.61 Å². The van der Waals surface area contributed by atoms with Crippen molar-refractivity contribution in [2.24, 2.45) is 11.3 Å². The second-order valence-corrected chi connectivity index (χ2v) is 11.1. The summed E-state index contributed by atoms with van der Waals surface area (Å²) in [4.78, 5) is 12.2. The molecule has 4 nitrogen and oxygen atoms in total. The Morgan fingerprint density at radius 3 is 2.66 bits per heavy atom. The molecule has 32 heavy (non-hydrogen) atoms. The molecule has 0 bridgehead atoms. The molecule has 0 aliphatic heterocycles. The number of rotatable bonds is 6. The second kappa shape index (κ2) is 8.83.